The Bertz CT molecular complexity index is 1340. The van der Waals surface area contributed by atoms with E-state index in [0.717, 1.165) is 33.3 Å². The molecule has 0 bridgehead atoms. The molecule has 2 heterocycles. The number of hydrogen-bond donors (Lipinski definition) is 2. The average molecular weight is 500 g/mol. The number of carbonyl (C=O) groups excluding carboxylic acids is 1. The van der Waals surface area contributed by atoms with Gasteiger partial charge in [-0.3, -0.25) is 9.78 Å². The van der Waals surface area contributed by atoms with Crippen molar-refractivity contribution in [2.45, 2.75) is 18.6 Å². The third-order valence-corrected chi connectivity index (χ3v) is 6.50. The number of pyridine rings is 1. The lowest BCUT2D eigenvalue weighted by molar-refractivity contribution is -0.137. The van der Waals surface area contributed by atoms with Gasteiger partial charge in [0.2, 0.25) is 0 Å². The summed E-state index contributed by atoms with van der Waals surface area (Å²) >= 11 is 1.35. The first-order valence-electron chi connectivity index (χ1n) is 10.8. The van der Waals surface area contributed by atoms with Gasteiger partial charge in [0.1, 0.15) is 5.69 Å². The first kappa shape index (κ1) is 24.6. The van der Waals surface area contributed by atoms with Crippen LogP contribution >= 0.6 is 11.3 Å². The molecule has 2 aromatic carbocycles. The normalized spacial score (nSPS) is 12.5. The Morgan fingerprint density at radius 3 is 2.54 bits per heavy atom. The number of hydrogen-bond acceptors (Lipinski definition) is 6. The first-order chi connectivity index (χ1) is 16.6. The van der Waals surface area contributed by atoms with Gasteiger partial charge in [-0.15, -0.1) is 0 Å². The van der Waals surface area contributed by atoms with E-state index in [2.05, 4.69) is 15.3 Å². The first-order valence-corrected chi connectivity index (χ1v) is 11.7. The van der Waals surface area contributed by atoms with Gasteiger partial charge in [0, 0.05) is 44.5 Å². The average Bonchev–Trinajstić information content (AvgIpc) is 3.26. The standard InChI is InChI=1S/C25H24F3N5OS/c1-33(2)23(34)21-22(17-5-6-18-13-30-10-9-16(18)12-17)35-24(32-21)31-14-20(29)11-15-3-7-19(8-4-15)25(26,27)28/h3-10,12-13,20H,11,14,29H2,1-2H3,(H,31,32)/t20-/m1/s1. The van der Waals surface area contributed by atoms with Crippen molar-refractivity contribution in [1.82, 2.24) is 14.9 Å². The molecule has 0 saturated carbocycles. The number of amides is 1. The van der Waals surface area contributed by atoms with Crippen LogP contribution < -0.4 is 11.1 Å². The van der Waals surface area contributed by atoms with Crippen molar-refractivity contribution in [3.63, 3.8) is 0 Å². The van der Waals surface area contributed by atoms with Gasteiger partial charge in [0.15, 0.2) is 5.13 Å². The van der Waals surface area contributed by atoms with Crippen LogP contribution in [0.5, 0.6) is 0 Å². The monoisotopic (exact) mass is 499 g/mol. The van der Waals surface area contributed by atoms with Crippen LogP contribution in [0.1, 0.15) is 21.6 Å². The fourth-order valence-corrected chi connectivity index (χ4v) is 4.56. The Kier molecular flexibility index (Phi) is 7.04. The van der Waals surface area contributed by atoms with E-state index in [-0.39, 0.29) is 11.9 Å². The van der Waals surface area contributed by atoms with E-state index in [9.17, 15) is 18.0 Å². The summed E-state index contributed by atoms with van der Waals surface area (Å²) in [5.41, 5.74) is 7.44. The molecule has 2 aromatic heterocycles. The number of thiazole rings is 1. The number of alkyl halides is 3. The summed E-state index contributed by atoms with van der Waals surface area (Å²) in [7, 11) is 3.34. The van der Waals surface area contributed by atoms with Crippen LogP contribution in [0.2, 0.25) is 0 Å². The van der Waals surface area contributed by atoms with Gasteiger partial charge in [-0.2, -0.15) is 13.2 Å². The molecule has 35 heavy (non-hydrogen) atoms. The van der Waals surface area contributed by atoms with E-state index >= 15 is 0 Å². The van der Waals surface area contributed by atoms with Crippen LogP contribution in [0.4, 0.5) is 18.3 Å². The number of nitrogens with zero attached hydrogens (tertiary/aromatic N) is 3. The van der Waals surface area contributed by atoms with Crippen LogP contribution in [0.25, 0.3) is 21.2 Å². The van der Waals surface area contributed by atoms with E-state index in [1.54, 1.807) is 26.5 Å². The van der Waals surface area contributed by atoms with E-state index < -0.39 is 11.7 Å². The topological polar surface area (TPSA) is 84.1 Å². The van der Waals surface area contributed by atoms with Gasteiger partial charge < -0.3 is 16.0 Å². The molecule has 10 heteroatoms. The minimum atomic E-state index is -4.37. The molecule has 1 amide bonds. The molecule has 4 rings (SSSR count). The molecule has 0 aliphatic rings. The largest absolute Gasteiger partial charge is 0.416 e. The number of halogens is 3. The minimum absolute atomic E-state index is 0.215. The van der Waals surface area contributed by atoms with E-state index in [1.807, 2.05) is 24.3 Å². The van der Waals surface area contributed by atoms with Gasteiger partial charge >= 0.3 is 6.18 Å². The lowest BCUT2D eigenvalue weighted by atomic mass is 10.0. The third-order valence-electron chi connectivity index (χ3n) is 5.43. The number of nitrogens with one attached hydrogen (secondary N) is 1. The molecule has 1 atom stereocenters. The van der Waals surface area contributed by atoms with E-state index in [1.165, 1.54) is 28.4 Å². The fraction of sp³-hybridized carbons (Fsp3) is 0.240. The van der Waals surface area contributed by atoms with Crippen molar-refractivity contribution in [3.8, 4) is 10.4 Å². The molecular formula is C25H24F3N5OS. The minimum Gasteiger partial charge on any atom is -0.360 e. The summed E-state index contributed by atoms with van der Waals surface area (Å²) in [6.45, 7) is 0.340. The van der Waals surface area contributed by atoms with Gasteiger partial charge in [0.25, 0.3) is 5.91 Å². The summed E-state index contributed by atoms with van der Waals surface area (Å²) in [4.78, 5) is 23.7. The van der Waals surface area contributed by atoms with Gasteiger partial charge in [-0.25, -0.2) is 4.98 Å². The number of carbonyl (C=O) groups is 1. The lowest BCUT2D eigenvalue weighted by Crippen LogP contribution is -2.31. The van der Waals surface area contributed by atoms with Crippen LogP contribution in [-0.4, -0.2) is 47.5 Å². The van der Waals surface area contributed by atoms with E-state index in [0.29, 0.717) is 29.4 Å². The second-order valence-corrected chi connectivity index (χ2v) is 9.37. The number of benzene rings is 2. The molecule has 0 aliphatic carbocycles. The number of anilines is 1. The van der Waals surface area contributed by atoms with Crippen molar-refractivity contribution < 1.29 is 18.0 Å². The summed E-state index contributed by atoms with van der Waals surface area (Å²) in [6.07, 6.45) is -0.474. The number of fused-ring (bicyclic) bond motifs is 1. The molecule has 0 aliphatic heterocycles. The molecule has 6 nitrogen and oxygen atoms in total. The highest BCUT2D eigenvalue weighted by molar-refractivity contribution is 7.19. The maximum Gasteiger partial charge on any atom is 0.416 e. The molecule has 182 valence electrons. The van der Waals surface area contributed by atoms with E-state index in [4.69, 9.17) is 5.73 Å². The molecule has 0 spiro atoms. The maximum atomic E-state index is 12.8. The van der Waals surface area contributed by atoms with Gasteiger partial charge in [-0.1, -0.05) is 35.6 Å². The molecule has 4 aromatic rings. The smallest absolute Gasteiger partial charge is 0.360 e. The highest BCUT2D eigenvalue weighted by Gasteiger charge is 2.30. The molecule has 3 N–H and O–H groups in total. The van der Waals surface area contributed by atoms with Gasteiger partial charge in [-0.05, 0) is 47.2 Å². The Labute approximate surface area is 204 Å². The van der Waals surface area contributed by atoms with Crippen molar-refractivity contribution in [2.24, 2.45) is 5.73 Å². The zero-order chi connectivity index (χ0) is 25.2. The lowest BCUT2D eigenvalue weighted by Gasteiger charge is -2.13. The SMILES string of the molecule is CN(C)C(=O)c1nc(NC[C@H](N)Cc2ccc(C(F)(F)F)cc2)sc1-c1ccc2cnccc2c1. The number of rotatable bonds is 7. The summed E-state index contributed by atoms with van der Waals surface area (Å²) in [5, 5.41) is 5.72. The van der Waals surface area contributed by atoms with Crippen molar-refractivity contribution in [3.05, 3.63) is 77.7 Å². The predicted octanol–water partition coefficient (Wildman–Crippen LogP) is 5.06. The number of aromatic nitrogens is 2. The van der Waals surface area contributed by atoms with Gasteiger partial charge in [0.05, 0.1) is 10.4 Å². The Hall–Kier alpha value is -3.50. The number of nitrogens with two attached hydrogens (primary N) is 1. The zero-order valence-electron chi connectivity index (χ0n) is 19.1. The summed E-state index contributed by atoms with van der Waals surface area (Å²) < 4.78 is 38.3. The quantitative estimate of drug-likeness (QED) is 0.371. The Morgan fingerprint density at radius 1 is 1.11 bits per heavy atom. The van der Waals surface area contributed by atoms with Crippen molar-refractivity contribution in [2.75, 3.05) is 26.0 Å². The Morgan fingerprint density at radius 2 is 1.86 bits per heavy atom. The molecule has 0 saturated heterocycles. The molecule has 0 unspecified atom stereocenters. The van der Waals surface area contributed by atoms with Crippen molar-refractivity contribution >= 4 is 33.1 Å². The zero-order valence-corrected chi connectivity index (χ0v) is 20.0. The predicted molar refractivity (Wildman–Crippen MR) is 132 cm³/mol. The Balaban J connectivity index is 1.51. The molecule has 0 radical (unpaired) electrons. The third kappa shape index (κ3) is 5.77. The fourth-order valence-electron chi connectivity index (χ4n) is 3.60. The highest BCUT2D eigenvalue weighted by Crippen LogP contribution is 2.35. The summed E-state index contributed by atoms with van der Waals surface area (Å²) in [6, 6.07) is 12.4. The second kappa shape index (κ2) is 10.0. The van der Waals surface area contributed by atoms with Crippen LogP contribution in [0.3, 0.4) is 0 Å². The molecular weight excluding hydrogens is 475 g/mol. The second-order valence-electron chi connectivity index (χ2n) is 8.37. The van der Waals surface area contributed by atoms with Crippen LogP contribution in [-0.2, 0) is 12.6 Å². The van der Waals surface area contributed by atoms with Crippen LogP contribution in [0, 0.1) is 0 Å². The maximum absolute atomic E-state index is 12.8. The van der Waals surface area contributed by atoms with Crippen LogP contribution in [0.15, 0.2) is 60.9 Å². The molecule has 0 fully saturated rings. The van der Waals surface area contributed by atoms with Crippen molar-refractivity contribution in [1.29, 1.82) is 0 Å². The highest BCUT2D eigenvalue weighted by atomic mass is 32.1. The summed E-state index contributed by atoms with van der Waals surface area (Å²) in [5.74, 6) is -0.215.